The Hall–Kier alpha value is -2.39. The van der Waals surface area contributed by atoms with Crippen LogP contribution in [-0.4, -0.2) is 48.8 Å². The van der Waals surface area contributed by atoms with E-state index >= 15 is 0 Å². The molecule has 0 unspecified atom stereocenters. The van der Waals surface area contributed by atoms with Crippen molar-refractivity contribution in [1.29, 1.82) is 0 Å². The number of sulfone groups is 1. The smallest absolute Gasteiger partial charge is 0.244 e. The van der Waals surface area contributed by atoms with Gasteiger partial charge in [-0.3, -0.25) is 9.79 Å². The molecule has 0 radical (unpaired) electrons. The Morgan fingerprint density at radius 3 is 2.47 bits per heavy atom. The molecule has 1 amide bonds. The summed E-state index contributed by atoms with van der Waals surface area (Å²) in [5.74, 6) is -0.481. The molecule has 1 N–H and O–H groups in total. The topological polar surface area (TPSA) is 78.8 Å². The standard InChI is InChI=1S/C21H22FN3O3S2/c1-13-7-14(2)9-17(8-13)25(10-20(26)23-16-5-3-15(22)4-6-16)21-24-18-11-30(27,28)12-19(18)29-21/h3-9,18-19H,10-12H2,1-2H3,(H,23,26)/t18-,19+/m1/s1. The number of rotatable bonds is 4. The summed E-state index contributed by atoms with van der Waals surface area (Å²) in [6, 6.07) is 11.3. The molecule has 2 aliphatic rings. The first-order valence-electron chi connectivity index (χ1n) is 9.55. The highest BCUT2D eigenvalue weighted by Crippen LogP contribution is 2.37. The minimum absolute atomic E-state index is 0.0122. The largest absolute Gasteiger partial charge is 0.325 e. The molecule has 9 heteroatoms. The number of amides is 1. The van der Waals surface area contributed by atoms with Gasteiger partial charge in [-0.2, -0.15) is 0 Å². The Morgan fingerprint density at radius 2 is 1.83 bits per heavy atom. The molecule has 1 fully saturated rings. The summed E-state index contributed by atoms with van der Waals surface area (Å²) in [5, 5.41) is 3.32. The second kappa shape index (κ2) is 8.03. The number of aliphatic imine (C=N–C) groups is 1. The fourth-order valence-corrected chi connectivity index (χ4v) is 7.50. The van der Waals surface area contributed by atoms with Crippen LogP contribution in [0, 0.1) is 19.7 Å². The number of halogens is 1. The number of amidine groups is 1. The number of hydrogen-bond donors (Lipinski definition) is 1. The first-order valence-corrected chi connectivity index (χ1v) is 12.2. The van der Waals surface area contributed by atoms with Crippen molar-refractivity contribution in [2.45, 2.75) is 25.1 Å². The van der Waals surface area contributed by atoms with Crippen molar-refractivity contribution in [3.63, 3.8) is 0 Å². The number of anilines is 2. The lowest BCUT2D eigenvalue weighted by Gasteiger charge is -2.25. The zero-order valence-electron chi connectivity index (χ0n) is 16.6. The molecular formula is C21H22FN3O3S2. The molecule has 158 valence electrons. The molecule has 0 spiro atoms. The second-order valence-electron chi connectivity index (χ2n) is 7.70. The number of aryl methyl sites for hydroxylation is 2. The van der Waals surface area contributed by atoms with E-state index in [1.54, 1.807) is 0 Å². The molecule has 2 aromatic carbocycles. The molecule has 1 saturated heterocycles. The van der Waals surface area contributed by atoms with E-state index in [2.05, 4.69) is 10.3 Å². The molecule has 2 atom stereocenters. The van der Waals surface area contributed by atoms with E-state index in [1.807, 2.05) is 36.9 Å². The Balaban J connectivity index is 1.59. The lowest BCUT2D eigenvalue weighted by atomic mass is 10.1. The SMILES string of the molecule is Cc1cc(C)cc(N(CC(=O)Nc2ccc(F)cc2)C2=N[C@@H]3CS(=O)(=O)C[C@@H]3S2)c1. The number of thioether (sulfide) groups is 1. The first-order chi connectivity index (χ1) is 14.2. The number of nitrogens with one attached hydrogen (secondary N) is 1. The van der Waals surface area contributed by atoms with E-state index in [4.69, 9.17) is 0 Å². The Labute approximate surface area is 179 Å². The average Bonchev–Trinajstić information content (AvgIpc) is 3.14. The van der Waals surface area contributed by atoms with Crippen LogP contribution in [0.15, 0.2) is 47.5 Å². The van der Waals surface area contributed by atoms with Gasteiger partial charge < -0.3 is 10.2 Å². The van der Waals surface area contributed by atoms with Gasteiger partial charge in [0, 0.05) is 16.6 Å². The maximum absolute atomic E-state index is 13.1. The van der Waals surface area contributed by atoms with Gasteiger partial charge in [0.05, 0.1) is 17.5 Å². The fraction of sp³-hybridized carbons (Fsp3) is 0.333. The monoisotopic (exact) mass is 447 g/mol. The molecule has 6 nitrogen and oxygen atoms in total. The molecule has 0 aliphatic carbocycles. The first kappa shape index (κ1) is 20.9. The highest BCUT2D eigenvalue weighted by molar-refractivity contribution is 8.15. The van der Waals surface area contributed by atoms with Gasteiger partial charge in [-0.1, -0.05) is 17.8 Å². The minimum atomic E-state index is -3.06. The van der Waals surface area contributed by atoms with Gasteiger partial charge in [-0.05, 0) is 61.4 Å². The third-order valence-corrected chi connectivity index (χ3v) is 8.23. The third-order valence-electron chi connectivity index (χ3n) is 4.98. The van der Waals surface area contributed by atoms with Gasteiger partial charge in [-0.25, -0.2) is 12.8 Å². The molecule has 4 rings (SSSR count). The second-order valence-corrected chi connectivity index (χ2v) is 11.1. The summed E-state index contributed by atoms with van der Waals surface area (Å²) in [6.45, 7) is 3.98. The lowest BCUT2D eigenvalue weighted by Crippen LogP contribution is -2.36. The van der Waals surface area contributed by atoms with Gasteiger partial charge in [0.2, 0.25) is 5.91 Å². The van der Waals surface area contributed by atoms with Crippen LogP contribution in [0.25, 0.3) is 0 Å². The Bertz CT molecular complexity index is 1100. The number of benzene rings is 2. The van der Waals surface area contributed by atoms with Crippen LogP contribution in [0.4, 0.5) is 15.8 Å². The number of hydrogen-bond acceptors (Lipinski definition) is 6. The predicted octanol–water partition coefficient (Wildman–Crippen LogP) is 3.16. The molecule has 0 bridgehead atoms. The zero-order valence-corrected chi connectivity index (χ0v) is 18.3. The summed E-state index contributed by atoms with van der Waals surface area (Å²) in [5.41, 5.74) is 3.45. The van der Waals surface area contributed by atoms with Crippen LogP contribution in [-0.2, 0) is 14.6 Å². The maximum atomic E-state index is 13.1. The van der Waals surface area contributed by atoms with Crippen molar-refractivity contribution in [2.75, 3.05) is 28.3 Å². The molecule has 2 aliphatic heterocycles. The highest BCUT2D eigenvalue weighted by atomic mass is 32.2. The van der Waals surface area contributed by atoms with Crippen LogP contribution in [0.2, 0.25) is 0 Å². The van der Waals surface area contributed by atoms with Crippen molar-refractivity contribution in [3.05, 3.63) is 59.4 Å². The zero-order chi connectivity index (χ0) is 21.5. The van der Waals surface area contributed by atoms with E-state index in [9.17, 15) is 17.6 Å². The fourth-order valence-electron chi connectivity index (χ4n) is 3.72. The van der Waals surface area contributed by atoms with Gasteiger partial charge in [0.15, 0.2) is 15.0 Å². The summed E-state index contributed by atoms with van der Waals surface area (Å²) < 4.78 is 36.9. The van der Waals surface area contributed by atoms with E-state index in [0.29, 0.717) is 10.9 Å². The van der Waals surface area contributed by atoms with Crippen molar-refractivity contribution in [2.24, 2.45) is 4.99 Å². The van der Waals surface area contributed by atoms with Gasteiger partial charge in [-0.15, -0.1) is 0 Å². The third kappa shape index (κ3) is 4.67. The number of fused-ring (bicyclic) bond motifs is 1. The maximum Gasteiger partial charge on any atom is 0.244 e. The van der Waals surface area contributed by atoms with Gasteiger partial charge in [0.1, 0.15) is 12.4 Å². The number of nitrogens with zero attached hydrogens (tertiary/aromatic N) is 2. The van der Waals surface area contributed by atoms with Crippen molar-refractivity contribution in [1.82, 2.24) is 0 Å². The van der Waals surface area contributed by atoms with Crippen LogP contribution in [0.3, 0.4) is 0 Å². The summed E-state index contributed by atoms with van der Waals surface area (Å²) in [7, 11) is -3.06. The van der Waals surface area contributed by atoms with Crippen LogP contribution >= 0.6 is 11.8 Å². The van der Waals surface area contributed by atoms with E-state index < -0.39 is 9.84 Å². The summed E-state index contributed by atoms with van der Waals surface area (Å²) in [4.78, 5) is 19.2. The quantitative estimate of drug-likeness (QED) is 0.779. The van der Waals surface area contributed by atoms with E-state index in [0.717, 1.165) is 16.8 Å². The van der Waals surface area contributed by atoms with E-state index in [-0.39, 0.29) is 41.1 Å². The molecule has 30 heavy (non-hydrogen) atoms. The molecule has 0 saturated carbocycles. The van der Waals surface area contributed by atoms with Crippen molar-refractivity contribution < 1.29 is 17.6 Å². The summed E-state index contributed by atoms with van der Waals surface area (Å²) in [6.07, 6.45) is 0. The lowest BCUT2D eigenvalue weighted by molar-refractivity contribution is -0.114. The molecule has 0 aromatic heterocycles. The number of carbonyl (C=O) groups is 1. The molecule has 2 heterocycles. The summed E-state index contributed by atoms with van der Waals surface area (Å²) >= 11 is 1.42. The van der Waals surface area contributed by atoms with Crippen LogP contribution in [0.1, 0.15) is 11.1 Å². The van der Waals surface area contributed by atoms with Gasteiger partial charge in [0.25, 0.3) is 0 Å². The number of carbonyl (C=O) groups excluding carboxylic acids is 1. The van der Waals surface area contributed by atoms with Crippen molar-refractivity contribution in [3.8, 4) is 0 Å². The molecule has 2 aromatic rings. The Morgan fingerprint density at radius 1 is 1.17 bits per heavy atom. The Kier molecular flexibility index (Phi) is 5.59. The van der Waals surface area contributed by atoms with Gasteiger partial charge >= 0.3 is 0 Å². The normalized spacial score (nSPS) is 21.8. The van der Waals surface area contributed by atoms with E-state index in [1.165, 1.54) is 36.0 Å². The minimum Gasteiger partial charge on any atom is -0.325 e. The highest BCUT2D eigenvalue weighted by Gasteiger charge is 2.44. The van der Waals surface area contributed by atoms with Crippen LogP contribution < -0.4 is 10.2 Å². The van der Waals surface area contributed by atoms with Crippen LogP contribution in [0.5, 0.6) is 0 Å². The van der Waals surface area contributed by atoms with Crippen molar-refractivity contribution >= 4 is 44.0 Å². The average molecular weight is 448 g/mol. The molecular weight excluding hydrogens is 425 g/mol. The predicted molar refractivity (Wildman–Crippen MR) is 120 cm³/mol.